The van der Waals surface area contributed by atoms with Crippen LogP contribution in [-0.4, -0.2) is 32.7 Å². The third kappa shape index (κ3) is 4.70. The van der Waals surface area contributed by atoms with Crippen LogP contribution in [0.25, 0.3) is 83.8 Å². The van der Waals surface area contributed by atoms with Crippen LogP contribution < -0.4 is 4.90 Å². The predicted molar refractivity (Wildman–Crippen MR) is 212 cm³/mol. The zero-order chi connectivity index (χ0) is 33.9. The van der Waals surface area contributed by atoms with E-state index in [2.05, 4.69) is 155 Å². The molecule has 242 valence electrons. The highest BCUT2D eigenvalue weighted by molar-refractivity contribution is 6.14. The zero-order valence-electron chi connectivity index (χ0n) is 28.1. The molecule has 5 heteroatoms. The molecule has 0 atom stereocenters. The second-order valence-electron chi connectivity index (χ2n) is 13.2. The fourth-order valence-electron chi connectivity index (χ4n) is 7.88. The van der Waals surface area contributed by atoms with E-state index in [0.29, 0.717) is 0 Å². The van der Waals surface area contributed by atoms with Crippen LogP contribution in [0, 0.1) is 0 Å². The van der Waals surface area contributed by atoms with Crippen LogP contribution in [0.1, 0.15) is 5.56 Å². The summed E-state index contributed by atoms with van der Waals surface area (Å²) in [5, 5.41) is 3.68. The van der Waals surface area contributed by atoms with Crippen molar-refractivity contribution in [1.29, 1.82) is 0 Å². The van der Waals surface area contributed by atoms with Gasteiger partial charge in [-0.15, -0.1) is 0 Å². The Morgan fingerprint density at radius 3 is 1.96 bits per heavy atom. The van der Waals surface area contributed by atoms with Gasteiger partial charge in [0.15, 0.2) is 0 Å². The van der Waals surface area contributed by atoms with Crippen molar-refractivity contribution in [2.75, 3.05) is 18.5 Å². The molecular weight excluding hydrogens is 623 g/mol. The second-order valence-corrected chi connectivity index (χ2v) is 13.2. The van der Waals surface area contributed by atoms with Crippen molar-refractivity contribution in [1.82, 2.24) is 19.1 Å². The van der Waals surface area contributed by atoms with Crippen molar-refractivity contribution in [2.24, 2.45) is 0 Å². The molecule has 0 aliphatic carbocycles. The van der Waals surface area contributed by atoms with E-state index in [9.17, 15) is 0 Å². The fraction of sp³-hybridized carbons (Fsp3) is 0.0435. The molecule has 9 aromatic rings. The average molecular weight is 656 g/mol. The van der Waals surface area contributed by atoms with E-state index in [1.807, 2.05) is 36.7 Å². The summed E-state index contributed by atoms with van der Waals surface area (Å²) in [5.41, 5.74) is 13.3. The van der Waals surface area contributed by atoms with Gasteiger partial charge in [-0.3, -0.25) is 14.5 Å². The molecule has 5 aromatic carbocycles. The Morgan fingerprint density at radius 1 is 0.510 bits per heavy atom. The number of benzene rings is 5. The van der Waals surface area contributed by atoms with Gasteiger partial charge in [-0.1, -0.05) is 91.0 Å². The molecule has 0 amide bonds. The number of aromatic nitrogens is 4. The second kappa shape index (κ2) is 11.7. The summed E-state index contributed by atoms with van der Waals surface area (Å²) in [6.07, 6.45) is 8.24. The standard InChI is InChI=1S/C46H33N5/c1-49-26-12-18-40-38-23-22-31(30-44(38)51(46(40)49)34-13-3-2-4-14-34)36-16-11-17-39-37-15-5-6-21-43(37)50(45(36)39)35-28-32(41-19-7-9-24-47-41)27-33(29-35)42-20-8-10-25-48-42/h2-25,27-30H,26H2,1H3. The Labute approximate surface area is 296 Å². The van der Waals surface area contributed by atoms with Crippen molar-refractivity contribution >= 4 is 44.6 Å². The minimum atomic E-state index is 0.875. The molecule has 10 rings (SSSR count). The summed E-state index contributed by atoms with van der Waals surface area (Å²) in [6.45, 7) is 0.875. The Kier molecular flexibility index (Phi) is 6.71. The van der Waals surface area contributed by atoms with E-state index in [4.69, 9.17) is 9.97 Å². The number of pyridine rings is 2. The van der Waals surface area contributed by atoms with Crippen LogP contribution in [0.4, 0.5) is 5.82 Å². The number of anilines is 1. The van der Waals surface area contributed by atoms with Crippen molar-refractivity contribution in [3.63, 3.8) is 0 Å². The third-order valence-corrected chi connectivity index (χ3v) is 10.1. The maximum atomic E-state index is 4.75. The van der Waals surface area contributed by atoms with Crippen LogP contribution in [0.3, 0.4) is 0 Å². The lowest BCUT2D eigenvalue weighted by atomic mass is 9.99. The van der Waals surface area contributed by atoms with Crippen LogP contribution in [0.2, 0.25) is 0 Å². The smallest absolute Gasteiger partial charge is 0.121 e. The molecule has 5 heterocycles. The van der Waals surface area contributed by atoms with Gasteiger partial charge in [-0.05, 0) is 72.3 Å². The SMILES string of the molecule is CN1CC=Cc2c1n(-c1ccccc1)c1cc(-c3cccc4c5ccccc5n(-c5cc(-c6ccccn6)cc(-c6ccccn6)c5)c34)ccc21. The summed E-state index contributed by atoms with van der Waals surface area (Å²) in [5.74, 6) is 1.22. The van der Waals surface area contributed by atoms with Crippen LogP contribution in [0.15, 0.2) is 164 Å². The summed E-state index contributed by atoms with van der Waals surface area (Å²) < 4.78 is 4.85. The molecule has 0 bridgehead atoms. The molecule has 1 aliphatic heterocycles. The molecule has 0 fully saturated rings. The number of nitrogens with zero attached hydrogens (tertiary/aromatic N) is 5. The largest absolute Gasteiger partial charge is 0.357 e. The zero-order valence-corrected chi connectivity index (χ0v) is 28.1. The minimum absolute atomic E-state index is 0.875. The molecule has 0 radical (unpaired) electrons. The van der Waals surface area contributed by atoms with Gasteiger partial charge < -0.3 is 9.47 Å². The van der Waals surface area contributed by atoms with Crippen molar-refractivity contribution in [3.8, 4) is 45.0 Å². The maximum Gasteiger partial charge on any atom is 0.121 e. The number of para-hydroxylation sites is 3. The topological polar surface area (TPSA) is 38.9 Å². The highest BCUT2D eigenvalue weighted by Gasteiger charge is 2.24. The third-order valence-electron chi connectivity index (χ3n) is 10.1. The number of rotatable bonds is 5. The molecule has 4 aromatic heterocycles. The fourth-order valence-corrected chi connectivity index (χ4v) is 7.88. The van der Waals surface area contributed by atoms with Gasteiger partial charge in [0.2, 0.25) is 0 Å². The first-order valence-electron chi connectivity index (χ1n) is 17.4. The monoisotopic (exact) mass is 655 g/mol. The molecule has 51 heavy (non-hydrogen) atoms. The van der Waals surface area contributed by atoms with Crippen LogP contribution in [-0.2, 0) is 0 Å². The van der Waals surface area contributed by atoms with E-state index in [1.165, 1.54) is 49.7 Å². The van der Waals surface area contributed by atoms with E-state index in [0.717, 1.165) is 46.0 Å². The lowest BCUT2D eigenvalue weighted by Crippen LogP contribution is -2.22. The van der Waals surface area contributed by atoms with Gasteiger partial charge >= 0.3 is 0 Å². The number of hydrogen-bond acceptors (Lipinski definition) is 3. The molecular formula is C46H33N5. The summed E-state index contributed by atoms with van der Waals surface area (Å²) in [4.78, 5) is 11.8. The normalized spacial score (nSPS) is 12.6. The summed E-state index contributed by atoms with van der Waals surface area (Å²) in [7, 11) is 2.18. The van der Waals surface area contributed by atoms with Gasteiger partial charge in [-0.25, -0.2) is 0 Å². The lowest BCUT2D eigenvalue weighted by Gasteiger charge is -2.24. The first-order valence-corrected chi connectivity index (χ1v) is 17.4. The highest BCUT2D eigenvalue weighted by atomic mass is 15.2. The Balaban J connectivity index is 1.27. The molecule has 0 saturated heterocycles. The van der Waals surface area contributed by atoms with E-state index in [1.54, 1.807) is 0 Å². The molecule has 0 N–H and O–H groups in total. The summed E-state index contributed by atoms with van der Waals surface area (Å²) in [6, 6.07) is 52.0. The Hall–Kier alpha value is -6.72. The van der Waals surface area contributed by atoms with Crippen molar-refractivity contribution in [2.45, 2.75) is 0 Å². The quantitative estimate of drug-likeness (QED) is 0.185. The molecule has 5 nitrogen and oxygen atoms in total. The first kappa shape index (κ1) is 29.2. The average Bonchev–Trinajstić information content (AvgIpc) is 3.72. The van der Waals surface area contributed by atoms with Gasteiger partial charge in [0.1, 0.15) is 5.82 Å². The number of likely N-dealkylation sites (N-methyl/N-ethyl adjacent to an activating group) is 1. The van der Waals surface area contributed by atoms with Crippen LogP contribution >= 0.6 is 0 Å². The Bertz CT molecular complexity index is 2720. The summed E-state index contributed by atoms with van der Waals surface area (Å²) >= 11 is 0. The van der Waals surface area contributed by atoms with E-state index in [-0.39, 0.29) is 0 Å². The first-order chi connectivity index (χ1) is 25.2. The van der Waals surface area contributed by atoms with Gasteiger partial charge in [0, 0.05) is 75.8 Å². The van der Waals surface area contributed by atoms with Gasteiger partial charge in [0.25, 0.3) is 0 Å². The van der Waals surface area contributed by atoms with E-state index >= 15 is 0 Å². The Morgan fingerprint density at radius 2 is 1.22 bits per heavy atom. The lowest BCUT2D eigenvalue weighted by molar-refractivity contribution is 0.945. The number of fused-ring (bicyclic) bond motifs is 6. The highest BCUT2D eigenvalue weighted by Crippen LogP contribution is 2.43. The maximum absolute atomic E-state index is 4.75. The number of hydrogen-bond donors (Lipinski definition) is 0. The predicted octanol–water partition coefficient (Wildman–Crippen LogP) is 11.0. The van der Waals surface area contributed by atoms with Crippen molar-refractivity contribution in [3.05, 3.63) is 170 Å². The molecule has 0 unspecified atom stereocenters. The van der Waals surface area contributed by atoms with Crippen LogP contribution in [0.5, 0.6) is 0 Å². The molecule has 1 aliphatic rings. The van der Waals surface area contributed by atoms with Gasteiger partial charge in [0.05, 0.1) is 27.9 Å². The minimum Gasteiger partial charge on any atom is -0.357 e. The molecule has 0 spiro atoms. The van der Waals surface area contributed by atoms with Gasteiger partial charge in [-0.2, -0.15) is 0 Å². The van der Waals surface area contributed by atoms with Crippen molar-refractivity contribution < 1.29 is 0 Å². The van der Waals surface area contributed by atoms with E-state index < -0.39 is 0 Å². The molecule has 0 saturated carbocycles.